The van der Waals surface area contributed by atoms with Gasteiger partial charge in [-0.15, -0.1) is 0 Å². The van der Waals surface area contributed by atoms with Gasteiger partial charge in [0.1, 0.15) is 23.0 Å². The molecule has 0 aliphatic carbocycles. The Bertz CT molecular complexity index is 1360. The van der Waals surface area contributed by atoms with Crippen LogP contribution in [0.1, 0.15) is 18.1 Å². The Kier molecular flexibility index (Phi) is 5.79. The van der Waals surface area contributed by atoms with E-state index in [1.165, 1.54) is 0 Å². The lowest BCUT2D eigenvalue weighted by Crippen LogP contribution is -2.55. The van der Waals surface area contributed by atoms with Gasteiger partial charge in [0.2, 0.25) is 10.0 Å². The summed E-state index contributed by atoms with van der Waals surface area (Å²) in [6, 6.07) is 20.0. The molecule has 0 aromatic heterocycles. The van der Waals surface area contributed by atoms with Crippen LogP contribution in [0.25, 0.3) is 0 Å². The highest BCUT2D eigenvalue weighted by atomic mass is 32.2. The summed E-state index contributed by atoms with van der Waals surface area (Å²) in [6.07, 6.45) is 0. The number of fused-ring (bicyclic) bond motifs is 2. The van der Waals surface area contributed by atoms with Crippen LogP contribution in [0.3, 0.4) is 0 Å². The number of aryl methyl sites for hydroxylation is 1. The standard InChI is InChI=1S/C26H27N3O4S/c1-18-9-11-23-25(15-18)33-24-12-10-20(32-3)16-22(24)26(27-23)28-13-14-29(19(2)17-28)34(30,31)21-7-5-4-6-8-21/h4-12,15-16,19H,13-14,17H2,1-3H3. The summed E-state index contributed by atoms with van der Waals surface area (Å²) in [5, 5.41) is 0. The molecule has 1 atom stereocenters. The Morgan fingerprint density at radius 1 is 1.00 bits per heavy atom. The second-order valence-electron chi connectivity index (χ2n) is 8.59. The van der Waals surface area contributed by atoms with Crippen LogP contribution >= 0.6 is 0 Å². The van der Waals surface area contributed by atoms with Crippen LogP contribution in [-0.2, 0) is 10.0 Å². The molecule has 7 nitrogen and oxygen atoms in total. The average molecular weight is 478 g/mol. The van der Waals surface area contributed by atoms with Crippen LogP contribution in [0.15, 0.2) is 76.6 Å². The van der Waals surface area contributed by atoms with Gasteiger partial charge < -0.3 is 14.4 Å². The zero-order valence-electron chi connectivity index (χ0n) is 19.4. The summed E-state index contributed by atoms with van der Waals surface area (Å²) >= 11 is 0. The molecule has 0 bridgehead atoms. The van der Waals surface area contributed by atoms with Gasteiger partial charge in [-0.25, -0.2) is 13.4 Å². The fourth-order valence-electron chi connectivity index (χ4n) is 4.45. The number of hydrogen-bond acceptors (Lipinski definition) is 6. The largest absolute Gasteiger partial charge is 0.497 e. The first-order valence-electron chi connectivity index (χ1n) is 11.2. The number of hydrogen-bond donors (Lipinski definition) is 0. The van der Waals surface area contributed by atoms with Crippen molar-refractivity contribution in [2.75, 3.05) is 26.7 Å². The van der Waals surface area contributed by atoms with E-state index in [0.717, 1.165) is 22.6 Å². The van der Waals surface area contributed by atoms with E-state index < -0.39 is 10.0 Å². The van der Waals surface area contributed by atoms with E-state index in [2.05, 4.69) is 4.90 Å². The lowest BCUT2D eigenvalue weighted by molar-refractivity contribution is 0.205. The maximum Gasteiger partial charge on any atom is 0.243 e. The van der Waals surface area contributed by atoms with Gasteiger partial charge in [-0.2, -0.15) is 4.31 Å². The van der Waals surface area contributed by atoms with Crippen molar-refractivity contribution in [3.63, 3.8) is 0 Å². The van der Waals surface area contributed by atoms with Crippen molar-refractivity contribution < 1.29 is 17.9 Å². The minimum Gasteiger partial charge on any atom is -0.497 e. The van der Waals surface area contributed by atoms with Gasteiger partial charge in [-0.3, -0.25) is 0 Å². The number of rotatable bonds is 3. The fraction of sp³-hybridized carbons (Fsp3) is 0.269. The maximum atomic E-state index is 13.3. The number of piperazine rings is 1. The van der Waals surface area contributed by atoms with Gasteiger partial charge in [-0.05, 0) is 61.9 Å². The molecule has 3 aromatic carbocycles. The zero-order valence-corrected chi connectivity index (χ0v) is 20.2. The van der Waals surface area contributed by atoms with Crippen molar-refractivity contribution in [2.24, 2.45) is 4.99 Å². The normalized spacial score (nSPS) is 18.3. The van der Waals surface area contributed by atoms with Gasteiger partial charge in [0.15, 0.2) is 5.75 Å². The number of sulfonamides is 1. The monoisotopic (exact) mass is 477 g/mol. The molecule has 0 radical (unpaired) electrons. The summed E-state index contributed by atoms with van der Waals surface area (Å²) in [6.45, 7) is 5.32. The second-order valence-corrected chi connectivity index (χ2v) is 10.5. The molecular weight excluding hydrogens is 450 g/mol. The molecule has 0 spiro atoms. The first-order valence-corrected chi connectivity index (χ1v) is 12.7. The minimum atomic E-state index is -3.58. The van der Waals surface area contributed by atoms with E-state index in [0.29, 0.717) is 41.8 Å². The van der Waals surface area contributed by atoms with Crippen molar-refractivity contribution in [3.05, 3.63) is 77.9 Å². The van der Waals surface area contributed by atoms with Gasteiger partial charge in [0, 0.05) is 25.7 Å². The quantitative estimate of drug-likeness (QED) is 0.552. The Balaban J connectivity index is 1.51. The highest BCUT2D eigenvalue weighted by Crippen LogP contribution is 2.40. The third kappa shape index (κ3) is 4.03. The molecule has 34 heavy (non-hydrogen) atoms. The molecule has 8 heteroatoms. The van der Waals surface area contributed by atoms with E-state index in [1.54, 1.807) is 35.7 Å². The smallest absolute Gasteiger partial charge is 0.243 e. The minimum absolute atomic E-state index is 0.239. The van der Waals surface area contributed by atoms with E-state index in [9.17, 15) is 8.42 Å². The summed E-state index contributed by atoms with van der Waals surface area (Å²) in [7, 11) is -1.95. The molecule has 1 fully saturated rings. The van der Waals surface area contributed by atoms with E-state index in [4.69, 9.17) is 14.5 Å². The summed E-state index contributed by atoms with van der Waals surface area (Å²) in [5.41, 5.74) is 2.64. The molecule has 2 aliphatic rings. The molecule has 1 unspecified atom stereocenters. The van der Waals surface area contributed by atoms with E-state index in [-0.39, 0.29) is 6.04 Å². The number of amidine groups is 1. The van der Waals surface area contributed by atoms with Crippen molar-refractivity contribution >= 4 is 21.5 Å². The van der Waals surface area contributed by atoms with Crippen molar-refractivity contribution in [3.8, 4) is 17.2 Å². The van der Waals surface area contributed by atoms with Crippen molar-refractivity contribution in [2.45, 2.75) is 24.8 Å². The van der Waals surface area contributed by atoms with Crippen LogP contribution in [0.2, 0.25) is 0 Å². The Morgan fingerprint density at radius 3 is 2.53 bits per heavy atom. The van der Waals surface area contributed by atoms with Crippen LogP contribution in [0, 0.1) is 6.92 Å². The molecule has 5 rings (SSSR count). The van der Waals surface area contributed by atoms with Gasteiger partial charge >= 0.3 is 0 Å². The lowest BCUT2D eigenvalue weighted by atomic mass is 10.1. The lowest BCUT2D eigenvalue weighted by Gasteiger charge is -2.40. The summed E-state index contributed by atoms with van der Waals surface area (Å²) in [4.78, 5) is 7.45. The van der Waals surface area contributed by atoms with Crippen LogP contribution in [0.5, 0.6) is 17.2 Å². The Labute approximate surface area is 200 Å². The van der Waals surface area contributed by atoms with E-state index >= 15 is 0 Å². The van der Waals surface area contributed by atoms with Crippen LogP contribution in [-0.4, -0.2) is 56.2 Å². The average Bonchev–Trinajstić information content (AvgIpc) is 3.00. The number of nitrogens with zero attached hydrogens (tertiary/aromatic N) is 3. The summed E-state index contributed by atoms with van der Waals surface area (Å²) < 4.78 is 39.8. The Hall–Kier alpha value is -3.36. The first kappa shape index (κ1) is 22.4. The predicted octanol–water partition coefficient (Wildman–Crippen LogP) is 4.58. The van der Waals surface area contributed by atoms with Crippen molar-refractivity contribution in [1.29, 1.82) is 0 Å². The molecule has 2 heterocycles. The maximum absolute atomic E-state index is 13.3. The third-order valence-corrected chi connectivity index (χ3v) is 8.23. The highest BCUT2D eigenvalue weighted by Gasteiger charge is 2.36. The second kappa shape index (κ2) is 8.77. The molecule has 1 saturated heterocycles. The topological polar surface area (TPSA) is 71.4 Å². The van der Waals surface area contributed by atoms with Gasteiger partial charge in [-0.1, -0.05) is 24.3 Å². The fourth-order valence-corrected chi connectivity index (χ4v) is 6.08. The summed E-state index contributed by atoms with van der Waals surface area (Å²) in [5.74, 6) is 2.84. The van der Waals surface area contributed by atoms with Crippen LogP contribution < -0.4 is 9.47 Å². The third-order valence-electron chi connectivity index (χ3n) is 6.21. The molecule has 0 amide bonds. The molecule has 176 valence electrons. The number of benzene rings is 3. The Morgan fingerprint density at radius 2 is 1.79 bits per heavy atom. The van der Waals surface area contributed by atoms with E-state index in [1.807, 2.05) is 56.3 Å². The SMILES string of the molecule is COc1ccc2c(c1)C(N1CCN(S(=O)(=O)c3ccccc3)C(C)C1)=Nc1ccc(C)cc1O2. The highest BCUT2D eigenvalue weighted by molar-refractivity contribution is 7.89. The number of aliphatic imine (C=N–C) groups is 1. The molecule has 0 saturated carbocycles. The molecule has 0 N–H and O–H groups in total. The van der Waals surface area contributed by atoms with Gasteiger partial charge in [0.25, 0.3) is 0 Å². The zero-order chi connectivity index (χ0) is 23.9. The number of ether oxygens (including phenoxy) is 2. The molecular formula is C26H27N3O4S. The van der Waals surface area contributed by atoms with Gasteiger partial charge in [0.05, 0.1) is 17.6 Å². The first-order chi connectivity index (χ1) is 16.4. The molecule has 2 aliphatic heterocycles. The van der Waals surface area contributed by atoms with Crippen molar-refractivity contribution in [1.82, 2.24) is 9.21 Å². The number of methoxy groups -OCH3 is 1. The van der Waals surface area contributed by atoms with Crippen LogP contribution in [0.4, 0.5) is 5.69 Å². The predicted molar refractivity (Wildman–Crippen MR) is 132 cm³/mol. The molecule has 3 aromatic rings.